The van der Waals surface area contributed by atoms with E-state index < -0.39 is 0 Å². The van der Waals surface area contributed by atoms with Gasteiger partial charge in [0.15, 0.2) is 0 Å². The molecule has 0 bridgehead atoms. The second-order valence-corrected chi connectivity index (χ2v) is 6.71. The lowest BCUT2D eigenvalue weighted by molar-refractivity contribution is 0.114. The van der Waals surface area contributed by atoms with Crippen molar-refractivity contribution in [3.63, 3.8) is 0 Å². The summed E-state index contributed by atoms with van der Waals surface area (Å²) in [5.74, 6) is 0. The summed E-state index contributed by atoms with van der Waals surface area (Å²) in [6.45, 7) is 4.64. The van der Waals surface area contributed by atoms with E-state index in [4.69, 9.17) is 0 Å². The van der Waals surface area contributed by atoms with Crippen LogP contribution < -0.4 is 5.32 Å². The van der Waals surface area contributed by atoms with Crippen LogP contribution in [0.1, 0.15) is 44.7 Å². The van der Waals surface area contributed by atoms with Crippen molar-refractivity contribution >= 4 is 0 Å². The molecule has 0 radical (unpaired) electrons. The Hall–Kier alpha value is -1.65. The van der Waals surface area contributed by atoms with Crippen molar-refractivity contribution in [2.24, 2.45) is 5.41 Å². The lowest BCUT2D eigenvalue weighted by atomic mass is 9.85. The molecule has 0 aliphatic heterocycles. The lowest BCUT2D eigenvalue weighted by Gasteiger charge is -2.32. The number of aliphatic hydroxyl groups excluding tert-OH is 1. The van der Waals surface area contributed by atoms with E-state index in [0.29, 0.717) is 6.04 Å². The molecular weight excluding hydrogens is 274 g/mol. The predicted octanol–water partition coefficient (Wildman–Crippen LogP) is 3.07. The molecule has 0 spiro atoms. The van der Waals surface area contributed by atoms with E-state index >= 15 is 0 Å². The van der Waals surface area contributed by atoms with Crippen molar-refractivity contribution in [1.82, 2.24) is 14.9 Å². The van der Waals surface area contributed by atoms with Crippen LogP contribution in [-0.2, 0) is 0 Å². The Morgan fingerprint density at radius 3 is 2.82 bits per heavy atom. The number of aliphatic hydroxyl groups is 1. The van der Waals surface area contributed by atoms with Gasteiger partial charge in [-0.05, 0) is 37.5 Å². The van der Waals surface area contributed by atoms with E-state index in [9.17, 15) is 5.11 Å². The zero-order valence-corrected chi connectivity index (χ0v) is 13.4. The third kappa shape index (κ3) is 2.94. The summed E-state index contributed by atoms with van der Waals surface area (Å²) >= 11 is 0. The first kappa shape index (κ1) is 15.3. The average Bonchev–Trinajstić information content (AvgIpc) is 3.19. The Balaban J connectivity index is 1.69. The van der Waals surface area contributed by atoms with Crippen molar-refractivity contribution in [3.8, 4) is 5.69 Å². The third-order valence-electron chi connectivity index (χ3n) is 5.09. The maximum atomic E-state index is 9.67. The summed E-state index contributed by atoms with van der Waals surface area (Å²) in [6, 6.07) is 9.24. The molecule has 3 unspecified atom stereocenters. The normalized spacial score (nSPS) is 26.2. The third-order valence-corrected chi connectivity index (χ3v) is 5.09. The maximum absolute atomic E-state index is 9.67. The zero-order chi connectivity index (χ0) is 15.6. The molecule has 2 aromatic rings. The predicted molar refractivity (Wildman–Crippen MR) is 87.9 cm³/mol. The number of nitrogens with one attached hydrogen (secondary N) is 1. The fourth-order valence-corrected chi connectivity index (χ4v) is 3.45. The number of nitrogens with zero attached hydrogens (tertiary/aromatic N) is 2. The van der Waals surface area contributed by atoms with Gasteiger partial charge in [-0.2, -0.15) is 0 Å². The smallest absolute Gasteiger partial charge is 0.0991 e. The summed E-state index contributed by atoms with van der Waals surface area (Å²) in [5.41, 5.74) is 2.41. The largest absolute Gasteiger partial charge is 0.396 e. The number of imidazole rings is 1. The van der Waals surface area contributed by atoms with Gasteiger partial charge in [0.2, 0.25) is 0 Å². The van der Waals surface area contributed by atoms with Crippen LogP contribution in [0.5, 0.6) is 0 Å². The molecule has 1 heterocycles. The fourth-order valence-electron chi connectivity index (χ4n) is 3.45. The van der Waals surface area contributed by atoms with Crippen molar-refractivity contribution in [2.75, 3.05) is 6.61 Å². The highest BCUT2D eigenvalue weighted by Crippen LogP contribution is 2.38. The van der Waals surface area contributed by atoms with Crippen LogP contribution in [0.4, 0.5) is 0 Å². The van der Waals surface area contributed by atoms with Crippen LogP contribution in [0.3, 0.4) is 0 Å². The molecule has 118 valence electrons. The summed E-state index contributed by atoms with van der Waals surface area (Å²) in [4.78, 5) is 4.08. The molecule has 22 heavy (non-hydrogen) atoms. The fraction of sp³-hybridized carbons (Fsp3) is 0.500. The molecule has 1 saturated carbocycles. The van der Waals surface area contributed by atoms with E-state index in [2.05, 4.69) is 48.4 Å². The van der Waals surface area contributed by atoms with Gasteiger partial charge in [0.05, 0.1) is 6.33 Å². The van der Waals surface area contributed by atoms with Crippen molar-refractivity contribution in [3.05, 3.63) is 48.5 Å². The SMILES string of the molecule is CC(NC1CCCC1(C)CO)c1ccc(-n2ccnc2)cc1. The first-order chi connectivity index (χ1) is 10.6. The highest BCUT2D eigenvalue weighted by Gasteiger charge is 2.38. The minimum atomic E-state index is 0.0189. The second-order valence-electron chi connectivity index (χ2n) is 6.71. The van der Waals surface area contributed by atoms with Crippen LogP contribution in [0.25, 0.3) is 5.69 Å². The summed E-state index contributed by atoms with van der Waals surface area (Å²) < 4.78 is 2.00. The number of rotatable bonds is 5. The number of aromatic nitrogens is 2. The maximum Gasteiger partial charge on any atom is 0.0991 e. The van der Waals surface area contributed by atoms with Gasteiger partial charge in [-0.15, -0.1) is 0 Å². The Kier molecular flexibility index (Phi) is 4.32. The second kappa shape index (κ2) is 6.23. The van der Waals surface area contributed by atoms with Crippen LogP contribution in [0, 0.1) is 5.41 Å². The molecule has 0 saturated heterocycles. The van der Waals surface area contributed by atoms with Gasteiger partial charge < -0.3 is 15.0 Å². The lowest BCUT2D eigenvalue weighted by Crippen LogP contribution is -2.42. The summed E-state index contributed by atoms with van der Waals surface area (Å²) in [5, 5.41) is 13.4. The summed E-state index contributed by atoms with van der Waals surface area (Å²) in [7, 11) is 0. The molecule has 1 aliphatic rings. The van der Waals surface area contributed by atoms with E-state index in [-0.39, 0.29) is 18.1 Å². The zero-order valence-electron chi connectivity index (χ0n) is 13.4. The highest BCUT2D eigenvalue weighted by molar-refractivity contribution is 5.35. The van der Waals surface area contributed by atoms with Gasteiger partial charge in [0.1, 0.15) is 0 Å². The van der Waals surface area contributed by atoms with Gasteiger partial charge in [0, 0.05) is 42.2 Å². The number of benzene rings is 1. The molecule has 1 fully saturated rings. The topological polar surface area (TPSA) is 50.1 Å². The number of hydrogen-bond donors (Lipinski definition) is 2. The minimum absolute atomic E-state index is 0.0189. The average molecular weight is 299 g/mol. The first-order valence-electron chi connectivity index (χ1n) is 8.07. The van der Waals surface area contributed by atoms with Crippen molar-refractivity contribution < 1.29 is 5.11 Å². The standard InChI is InChI=1S/C18H25N3O/c1-14(20-17-4-3-9-18(17,2)12-22)15-5-7-16(8-6-15)21-11-10-19-13-21/h5-8,10-11,13-14,17,20,22H,3-4,9,12H2,1-2H3. The molecule has 4 heteroatoms. The van der Waals surface area contributed by atoms with Gasteiger partial charge in [0.25, 0.3) is 0 Å². The Morgan fingerprint density at radius 2 is 2.18 bits per heavy atom. The molecule has 3 rings (SSSR count). The van der Waals surface area contributed by atoms with E-state index in [0.717, 1.165) is 18.5 Å². The molecular formula is C18H25N3O. The molecule has 0 amide bonds. The quantitative estimate of drug-likeness (QED) is 0.892. The molecule has 1 aliphatic carbocycles. The van der Waals surface area contributed by atoms with E-state index in [1.165, 1.54) is 12.0 Å². The minimum Gasteiger partial charge on any atom is -0.396 e. The number of hydrogen-bond acceptors (Lipinski definition) is 3. The van der Waals surface area contributed by atoms with Crippen LogP contribution in [-0.4, -0.2) is 27.3 Å². The van der Waals surface area contributed by atoms with E-state index in [1.807, 2.05) is 17.1 Å². The van der Waals surface area contributed by atoms with Gasteiger partial charge in [-0.1, -0.05) is 25.5 Å². The van der Waals surface area contributed by atoms with Crippen LogP contribution in [0.15, 0.2) is 43.0 Å². The first-order valence-corrected chi connectivity index (χ1v) is 8.07. The van der Waals surface area contributed by atoms with Gasteiger partial charge in [-0.25, -0.2) is 4.98 Å². The highest BCUT2D eigenvalue weighted by atomic mass is 16.3. The molecule has 4 nitrogen and oxygen atoms in total. The van der Waals surface area contributed by atoms with Gasteiger partial charge >= 0.3 is 0 Å². The Labute approximate surface area is 132 Å². The van der Waals surface area contributed by atoms with Crippen molar-refractivity contribution in [1.29, 1.82) is 0 Å². The van der Waals surface area contributed by atoms with Crippen LogP contribution in [0.2, 0.25) is 0 Å². The van der Waals surface area contributed by atoms with Crippen molar-refractivity contribution in [2.45, 2.75) is 45.2 Å². The van der Waals surface area contributed by atoms with Crippen LogP contribution >= 0.6 is 0 Å². The van der Waals surface area contributed by atoms with E-state index in [1.54, 1.807) is 6.20 Å². The molecule has 1 aromatic heterocycles. The molecule has 3 atom stereocenters. The Bertz CT molecular complexity index is 593. The molecule has 2 N–H and O–H groups in total. The Morgan fingerprint density at radius 1 is 1.41 bits per heavy atom. The molecule has 1 aromatic carbocycles. The van der Waals surface area contributed by atoms with Gasteiger partial charge in [-0.3, -0.25) is 0 Å². The monoisotopic (exact) mass is 299 g/mol. The summed E-state index contributed by atoms with van der Waals surface area (Å²) in [6.07, 6.45) is 8.99.